The lowest BCUT2D eigenvalue weighted by Gasteiger charge is -2.24. The van der Waals surface area contributed by atoms with Gasteiger partial charge in [0.15, 0.2) is 0 Å². The van der Waals surface area contributed by atoms with Crippen LogP contribution in [0.25, 0.3) is 0 Å². The first kappa shape index (κ1) is 14.4. The molecule has 17 heavy (non-hydrogen) atoms. The molecule has 1 aromatic heterocycles. The molecule has 2 atom stereocenters. The molecule has 0 amide bonds. The van der Waals surface area contributed by atoms with Gasteiger partial charge in [0.2, 0.25) is 0 Å². The molecule has 1 aromatic rings. The van der Waals surface area contributed by atoms with E-state index in [2.05, 4.69) is 15.3 Å². The monoisotopic (exact) mass is 257 g/mol. The molecular formula is C12H20ClN3O. The predicted molar refractivity (Wildman–Crippen MR) is 69.2 cm³/mol. The molecule has 1 saturated heterocycles. The van der Waals surface area contributed by atoms with Crippen molar-refractivity contribution in [2.45, 2.75) is 25.9 Å². The van der Waals surface area contributed by atoms with E-state index in [0.717, 1.165) is 25.4 Å². The van der Waals surface area contributed by atoms with Crippen LogP contribution in [0, 0.1) is 5.92 Å². The standard InChI is InChI=1S/C12H19N3O.ClH/c1-10(12-8-14-5-6-15-12)16-9-11-3-2-4-13-7-11;/h5-6,8,10-11,13H,2-4,7,9H2,1H3;1H. The highest BCUT2D eigenvalue weighted by molar-refractivity contribution is 5.85. The minimum Gasteiger partial charge on any atom is -0.372 e. The second kappa shape index (κ2) is 7.58. The normalized spacial score (nSPS) is 21.6. The number of rotatable bonds is 4. The predicted octanol–water partition coefficient (Wildman–Crippen LogP) is 1.98. The van der Waals surface area contributed by atoms with E-state index in [9.17, 15) is 0 Å². The van der Waals surface area contributed by atoms with Gasteiger partial charge in [0.05, 0.1) is 24.6 Å². The van der Waals surface area contributed by atoms with Gasteiger partial charge >= 0.3 is 0 Å². The topological polar surface area (TPSA) is 47.0 Å². The third-order valence-electron chi connectivity index (χ3n) is 2.98. The van der Waals surface area contributed by atoms with Crippen molar-refractivity contribution in [2.75, 3.05) is 19.7 Å². The number of hydrogen-bond acceptors (Lipinski definition) is 4. The number of hydrogen-bond donors (Lipinski definition) is 1. The number of nitrogens with one attached hydrogen (secondary N) is 1. The van der Waals surface area contributed by atoms with Gasteiger partial charge in [0.25, 0.3) is 0 Å². The van der Waals surface area contributed by atoms with E-state index >= 15 is 0 Å². The van der Waals surface area contributed by atoms with Crippen LogP contribution in [-0.4, -0.2) is 29.7 Å². The highest BCUT2D eigenvalue weighted by Gasteiger charge is 2.15. The summed E-state index contributed by atoms with van der Waals surface area (Å²) in [5.74, 6) is 0.646. The van der Waals surface area contributed by atoms with E-state index in [1.807, 2.05) is 6.92 Å². The van der Waals surface area contributed by atoms with Crippen molar-refractivity contribution in [3.05, 3.63) is 24.3 Å². The first-order valence-corrected chi connectivity index (χ1v) is 5.94. The molecule has 0 spiro atoms. The van der Waals surface area contributed by atoms with Crippen LogP contribution < -0.4 is 5.32 Å². The molecule has 2 rings (SSSR count). The number of halogens is 1. The largest absolute Gasteiger partial charge is 0.372 e. The fraction of sp³-hybridized carbons (Fsp3) is 0.667. The van der Waals surface area contributed by atoms with Crippen LogP contribution in [0.15, 0.2) is 18.6 Å². The van der Waals surface area contributed by atoms with Crippen LogP contribution in [0.2, 0.25) is 0 Å². The zero-order valence-electron chi connectivity index (χ0n) is 10.1. The zero-order valence-corrected chi connectivity index (χ0v) is 10.9. The lowest BCUT2D eigenvalue weighted by molar-refractivity contribution is 0.0310. The number of nitrogens with zero attached hydrogens (tertiary/aromatic N) is 2. The first-order chi connectivity index (χ1) is 7.86. The van der Waals surface area contributed by atoms with Gasteiger partial charge in [0.1, 0.15) is 0 Å². The molecule has 96 valence electrons. The SMILES string of the molecule is CC(OCC1CCCNC1)c1cnccn1.Cl. The lowest BCUT2D eigenvalue weighted by atomic mass is 10.0. The van der Waals surface area contributed by atoms with Crippen LogP contribution in [0.1, 0.15) is 31.6 Å². The van der Waals surface area contributed by atoms with Gasteiger partial charge in [0, 0.05) is 18.9 Å². The Morgan fingerprint density at radius 3 is 3.06 bits per heavy atom. The van der Waals surface area contributed by atoms with Crippen LogP contribution in [-0.2, 0) is 4.74 Å². The molecule has 4 nitrogen and oxygen atoms in total. The molecule has 0 aromatic carbocycles. The van der Waals surface area contributed by atoms with Gasteiger partial charge in [-0.05, 0) is 32.2 Å². The van der Waals surface area contributed by atoms with Crippen molar-refractivity contribution in [3.63, 3.8) is 0 Å². The van der Waals surface area contributed by atoms with Gasteiger partial charge in [-0.3, -0.25) is 9.97 Å². The van der Waals surface area contributed by atoms with Crippen molar-refractivity contribution in [1.82, 2.24) is 15.3 Å². The highest BCUT2D eigenvalue weighted by Crippen LogP contribution is 2.17. The molecule has 0 saturated carbocycles. The van der Waals surface area contributed by atoms with Crippen molar-refractivity contribution < 1.29 is 4.74 Å². The van der Waals surface area contributed by atoms with E-state index < -0.39 is 0 Å². The summed E-state index contributed by atoms with van der Waals surface area (Å²) in [6, 6.07) is 0. The second-order valence-electron chi connectivity index (χ2n) is 4.32. The molecule has 1 N–H and O–H groups in total. The van der Waals surface area contributed by atoms with E-state index in [4.69, 9.17) is 4.74 Å². The minimum absolute atomic E-state index is 0. The molecule has 1 aliphatic rings. The molecule has 0 radical (unpaired) electrons. The Morgan fingerprint density at radius 1 is 1.53 bits per heavy atom. The fourth-order valence-corrected chi connectivity index (χ4v) is 1.95. The molecule has 0 aliphatic carbocycles. The Balaban J connectivity index is 0.00000144. The molecule has 5 heteroatoms. The Hall–Kier alpha value is -0.710. The molecule has 1 fully saturated rings. The Kier molecular flexibility index (Phi) is 6.40. The summed E-state index contributed by atoms with van der Waals surface area (Å²) in [5, 5.41) is 3.39. The van der Waals surface area contributed by atoms with Crippen LogP contribution in [0.4, 0.5) is 0 Å². The van der Waals surface area contributed by atoms with Gasteiger partial charge in [-0.2, -0.15) is 0 Å². The fourth-order valence-electron chi connectivity index (χ4n) is 1.95. The molecule has 1 aliphatic heterocycles. The number of ether oxygens (including phenoxy) is 1. The first-order valence-electron chi connectivity index (χ1n) is 5.94. The maximum atomic E-state index is 5.82. The van der Waals surface area contributed by atoms with Crippen LogP contribution in [0.5, 0.6) is 0 Å². The average molecular weight is 258 g/mol. The van der Waals surface area contributed by atoms with Gasteiger partial charge in [-0.15, -0.1) is 12.4 Å². The summed E-state index contributed by atoms with van der Waals surface area (Å²) >= 11 is 0. The molecule has 2 heterocycles. The van der Waals surface area contributed by atoms with Crippen molar-refractivity contribution >= 4 is 12.4 Å². The summed E-state index contributed by atoms with van der Waals surface area (Å²) < 4.78 is 5.82. The summed E-state index contributed by atoms with van der Waals surface area (Å²) in [6.45, 7) is 5.06. The minimum atomic E-state index is 0. The molecular weight excluding hydrogens is 238 g/mol. The maximum Gasteiger partial charge on any atom is 0.0982 e. The quantitative estimate of drug-likeness (QED) is 0.896. The zero-order chi connectivity index (χ0) is 11.2. The highest BCUT2D eigenvalue weighted by atomic mass is 35.5. The summed E-state index contributed by atoms with van der Waals surface area (Å²) in [7, 11) is 0. The van der Waals surface area contributed by atoms with Gasteiger partial charge < -0.3 is 10.1 Å². The van der Waals surface area contributed by atoms with E-state index in [1.54, 1.807) is 18.6 Å². The van der Waals surface area contributed by atoms with Crippen LogP contribution in [0.3, 0.4) is 0 Å². The maximum absolute atomic E-state index is 5.82. The Bertz CT molecular complexity index is 304. The smallest absolute Gasteiger partial charge is 0.0982 e. The average Bonchev–Trinajstić information content (AvgIpc) is 2.38. The summed E-state index contributed by atoms with van der Waals surface area (Å²) in [5.41, 5.74) is 0.909. The molecule has 0 bridgehead atoms. The van der Waals surface area contributed by atoms with Gasteiger partial charge in [-0.25, -0.2) is 0 Å². The molecule has 2 unspecified atom stereocenters. The van der Waals surface area contributed by atoms with E-state index in [-0.39, 0.29) is 18.5 Å². The third kappa shape index (κ3) is 4.58. The van der Waals surface area contributed by atoms with Gasteiger partial charge in [-0.1, -0.05) is 0 Å². The number of aromatic nitrogens is 2. The third-order valence-corrected chi connectivity index (χ3v) is 2.98. The Labute approximate surface area is 109 Å². The van der Waals surface area contributed by atoms with Crippen molar-refractivity contribution in [2.24, 2.45) is 5.92 Å². The summed E-state index contributed by atoms with van der Waals surface area (Å²) in [4.78, 5) is 8.28. The Morgan fingerprint density at radius 2 is 2.41 bits per heavy atom. The second-order valence-corrected chi connectivity index (χ2v) is 4.32. The summed E-state index contributed by atoms with van der Waals surface area (Å²) in [6.07, 6.45) is 7.71. The number of piperidine rings is 1. The van der Waals surface area contributed by atoms with E-state index in [1.165, 1.54) is 12.8 Å². The van der Waals surface area contributed by atoms with Crippen molar-refractivity contribution in [1.29, 1.82) is 0 Å². The lowest BCUT2D eigenvalue weighted by Crippen LogP contribution is -2.32. The van der Waals surface area contributed by atoms with E-state index in [0.29, 0.717) is 5.92 Å². The van der Waals surface area contributed by atoms with Crippen LogP contribution >= 0.6 is 12.4 Å². The van der Waals surface area contributed by atoms with Crippen molar-refractivity contribution in [3.8, 4) is 0 Å².